The first kappa shape index (κ1) is 18.9. The Kier molecular flexibility index (Phi) is 4.43. The number of nitrogens with zero attached hydrogens (tertiary/aromatic N) is 2. The van der Waals surface area contributed by atoms with Crippen molar-refractivity contribution in [3.8, 4) is 17.1 Å². The van der Waals surface area contributed by atoms with Gasteiger partial charge in [-0.3, -0.25) is 4.79 Å². The van der Waals surface area contributed by atoms with Gasteiger partial charge in [0, 0.05) is 13.1 Å². The molecule has 0 fully saturated rings. The number of carbonyl (C=O) groups excluding carboxylic acids is 1. The molecule has 3 heterocycles. The first-order chi connectivity index (χ1) is 15.1. The number of hydrogen-bond acceptors (Lipinski definition) is 6. The molecule has 0 saturated heterocycles. The Hall–Kier alpha value is -4.13. The van der Waals surface area contributed by atoms with Crippen LogP contribution in [0.3, 0.4) is 0 Å². The topological polar surface area (TPSA) is 87.5 Å². The summed E-state index contributed by atoms with van der Waals surface area (Å²) in [5, 5.41) is 0.402. The summed E-state index contributed by atoms with van der Waals surface area (Å²) in [6, 6.07) is 14.1. The second-order valence-corrected chi connectivity index (χ2v) is 7.14. The average molecular weight is 414 g/mol. The van der Waals surface area contributed by atoms with E-state index in [0.717, 1.165) is 11.0 Å². The third-order valence-electron chi connectivity index (χ3n) is 5.29. The number of rotatable bonds is 4. The Bertz CT molecular complexity index is 1490. The van der Waals surface area contributed by atoms with Crippen LogP contribution in [0.25, 0.3) is 33.4 Å². The van der Waals surface area contributed by atoms with E-state index in [1.54, 1.807) is 18.2 Å². The van der Waals surface area contributed by atoms with Crippen LogP contribution in [0, 0.1) is 0 Å². The molecule has 0 aliphatic heterocycles. The van der Waals surface area contributed by atoms with Crippen molar-refractivity contribution in [2.24, 2.45) is 7.05 Å². The third kappa shape index (κ3) is 3.11. The Labute approximate surface area is 176 Å². The summed E-state index contributed by atoms with van der Waals surface area (Å²) < 4.78 is 18.2. The normalized spacial score (nSPS) is 11.3. The summed E-state index contributed by atoms with van der Waals surface area (Å²) in [6.07, 6.45) is 3.36. The van der Waals surface area contributed by atoms with Gasteiger partial charge in [-0.1, -0.05) is 19.1 Å². The van der Waals surface area contributed by atoms with Gasteiger partial charge in [0.2, 0.25) is 11.2 Å². The molecule has 2 aromatic carbocycles. The Balaban J connectivity index is 1.62. The summed E-state index contributed by atoms with van der Waals surface area (Å²) >= 11 is 0. The van der Waals surface area contributed by atoms with Crippen molar-refractivity contribution in [1.29, 1.82) is 0 Å². The average Bonchev–Trinajstić information content (AvgIpc) is 3.43. The van der Waals surface area contributed by atoms with Crippen molar-refractivity contribution in [3.63, 3.8) is 0 Å². The van der Waals surface area contributed by atoms with Crippen LogP contribution in [0.4, 0.5) is 0 Å². The van der Waals surface area contributed by atoms with E-state index in [-0.39, 0.29) is 11.2 Å². The third-order valence-corrected chi connectivity index (χ3v) is 5.29. The van der Waals surface area contributed by atoms with E-state index >= 15 is 0 Å². The predicted octanol–water partition coefficient (Wildman–Crippen LogP) is 4.72. The van der Waals surface area contributed by atoms with Gasteiger partial charge in [0.15, 0.2) is 0 Å². The largest absolute Gasteiger partial charge is 0.463 e. The maximum atomic E-state index is 13.3. The number of ether oxygens (including phenoxy) is 1. The van der Waals surface area contributed by atoms with E-state index < -0.39 is 5.97 Å². The lowest BCUT2D eigenvalue weighted by Crippen LogP contribution is -2.11. The van der Waals surface area contributed by atoms with E-state index in [1.807, 2.05) is 42.8 Å². The molecule has 0 N–H and O–H groups in total. The highest BCUT2D eigenvalue weighted by atomic mass is 16.5. The number of furan rings is 1. The molecule has 0 aliphatic carbocycles. The molecule has 3 aromatic heterocycles. The Morgan fingerprint density at radius 1 is 1.13 bits per heavy atom. The van der Waals surface area contributed by atoms with Gasteiger partial charge in [0.25, 0.3) is 0 Å². The second kappa shape index (κ2) is 7.28. The van der Waals surface area contributed by atoms with Crippen LogP contribution >= 0.6 is 0 Å². The van der Waals surface area contributed by atoms with Crippen molar-refractivity contribution in [2.45, 2.75) is 13.3 Å². The number of aryl methyl sites for hydroxylation is 2. The lowest BCUT2D eigenvalue weighted by atomic mass is 10.1. The zero-order valence-corrected chi connectivity index (χ0v) is 16.9. The lowest BCUT2D eigenvalue weighted by Gasteiger charge is -2.10. The molecule has 0 bridgehead atoms. The number of carbonyl (C=O) groups is 1. The van der Waals surface area contributed by atoms with Crippen molar-refractivity contribution in [1.82, 2.24) is 9.55 Å². The molecule has 5 rings (SSSR count). The van der Waals surface area contributed by atoms with Crippen LogP contribution in [-0.4, -0.2) is 15.5 Å². The van der Waals surface area contributed by atoms with Crippen molar-refractivity contribution in [2.75, 3.05) is 0 Å². The predicted molar refractivity (Wildman–Crippen MR) is 115 cm³/mol. The van der Waals surface area contributed by atoms with Gasteiger partial charge in [-0.15, -0.1) is 0 Å². The van der Waals surface area contributed by atoms with Gasteiger partial charge < -0.3 is 18.1 Å². The summed E-state index contributed by atoms with van der Waals surface area (Å²) in [7, 11) is 1.86. The smallest absolute Gasteiger partial charge is 0.379 e. The molecule has 7 nitrogen and oxygen atoms in total. The second-order valence-electron chi connectivity index (χ2n) is 7.14. The van der Waals surface area contributed by atoms with Gasteiger partial charge in [-0.2, -0.15) is 0 Å². The first-order valence-corrected chi connectivity index (χ1v) is 9.82. The minimum absolute atomic E-state index is 0.0980. The molecule has 154 valence electrons. The summed E-state index contributed by atoms with van der Waals surface area (Å²) in [6.45, 7) is 1.92. The molecule has 0 atom stereocenters. The number of hydrogen-bond donors (Lipinski definition) is 0. The zero-order chi connectivity index (χ0) is 21.5. The highest BCUT2D eigenvalue weighted by Crippen LogP contribution is 2.29. The standard InChI is InChI=1S/C24H18N2O5/c1-3-14-11-15-21(12-20(14)31-24(28)19-9-6-10-29-19)30-13-16(22(15)27)23-25-17-7-4-5-8-18(17)26(23)2/h4-13H,3H2,1-2H3. The maximum Gasteiger partial charge on any atom is 0.379 e. The van der Waals surface area contributed by atoms with E-state index in [0.29, 0.717) is 40.1 Å². The highest BCUT2D eigenvalue weighted by molar-refractivity contribution is 5.90. The molecule has 0 amide bonds. The number of esters is 1. The number of imidazole rings is 1. The minimum atomic E-state index is -0.613. The SMILES string of the molecule is CCc1cc2c(=O)c(-c3nc4ccccc4n3C)coc2cc1OC(=O)c1ccco1. The van der Waals surface area contributed by atoms with Crippen LogP contribution in [0.15, 0.2) is 74.7 Å². The molecule has 0 unspecified atom stereocenters. The molecule has 31 heavy (non-hydrogen) atoms. The van der Waals surface area contributed by atoms with E-state index in [2.05, 4.69) is 4.98 Å². The fourth-order valence-electron chi connectivity index (χ4n) is 3.66. The first-order valence-electron chi connectivity index (χ1n) is 9.82. The fourth-order valence-corrected chi connectivity index (χ4v) is 3.66. The Morgan fingerprint density at radius 2 is 1.97 bits per heavy atom. The number of para-hydroxylation sites is 2. The van der Waals surface area contributed by atoms with Crippen LogP contribution in [-0.2, 0) is 13.5 Å². The Morgan fingerprint density at radius 3 is 2.71 bits per heavy atom. The highest BCUT2D eigenvalue weighted by Gasteiger charge is 2.19. The molecule has 0 saturated carbocycles. The monoisotopic (exact) mass is 414 g/mol. The van der Waals surface area contributed by atoms with E-state index in [4.69, 9.17) is 13.6 Å². The minimum Gasteiger partial charge on any atom is -0.463 e. The van der Waals surface area contributed by atoms with Crippen molar-refractivity contribution in [3.05, 3.63) is 82.6 Å². The number of fused-ring (bicyclic) bond motifs is 2. The van der Waals surface area contributed by atoms with Gasteiger partial charge in [0.05, 0.1) is 22.7 Å². The van der Waals surface area contributed by atoms with Crippen LogP contribution in [0.2, 0.25) is 0 Å². The number of benzene rings is 2. The molecule has 0 spiro atoms. The lowest BCUT2D eigenvalue weighted by molar-refractivity contribution is 0.0700. The molecule has 0 aliphatic rings. The summed E-state index contributed by atoms with van der Waals surface area (Å²) in [4.78, 5) is 30.2. The van der Waals surface area contributed by atoms with E-state index in [1.165, 1.54) is 18.6 Å². The molecular weight excluding hydrogens is 396 g/mol. The quantitative estimate of drug-likeness (QED) is 0.312. The molecule has 0 radical (unpaired) electrons. The van der Waals surface area contributed by atoms with Crippen molar-refractivity contribution < 1.29 is 18.4 Å². The van der Waals surface area contributed by atoms with Gasteiger partial charge in [0.1, 0.15) is 29.0 Å². The van der Waals surface area contributed by atoms with Crippen LogP contribution in [0.5, 0.6) is 5.75 Å². The van der Waals surface area contributed by atoms with Crippen LogP contribution in [0.1, 0.15) is 23.0 Å². The van der Waals surface area contributed by atoms with E-state index in [9.17, 15) is 9.59 Å². The van der Waals surface area contributed by atoms with Gasteiger partial charge in [-0.05, 0) is 42.3 Å². The number of aromatic nitrogens is 2. The van der Waals surface area contributed by atoms with Gasteiger partial charge in [-0.25, -0.2) is 9.78 Å². The molecular formula is C24H18N2O5. The van der Waals surface area contributed by atoms with Crippen molar-refractivity contribution >= 4 is 28.0 Å². The van der Waals surface area contributed by atoms with Gasteiger partial charge >= 0.3 is 5.97 Å². The maximum absolute atomic E-state index is 13.3. The molecule has 7 heteroatoms. The zero-order valence-electron chi connectivity index (χ0n) is 16.9. The summed E-state index contributed by atoms with van der Waals surface area (Å²) in [5.74, 6) is 0.344. The van der Waals surface area contributed by atoms with Crippen LogP contribution < -0.4 is 10.2 Å². The summed E-state index contributed by atoms with van der Waals surface area (Å²) in [5.41, 5.74) is 2.93. The molecule has 5 aromatic rings. The fraction of sp³-hybridized carbons (Fsp3) is 0.125.